The van der Waals surface area contributed by atoms with Gasteiger partial charge >= 0.3 is 5.97 Å². The summed E-state index contributed by atoms with van der Waals surface area (Å²) in [5.74, 6) is -0.591. The number of ether oxygens (including phenoxy) is 1. The van der Waals surface area contributed by atoms with Gasteiger partial charge in [0.25, 0.3) is 0 Å². The molecule has 0 amide bonds. The molecule has 1 aromatic carbocycles. The summed E-state index contributed by atoms with van der Waals surface area (Å²) < 4.78 is 4.52. The summed E-state index contributed by atoms with van der Waals surface area (Å²) in [5, 5.41) is 9.94. The Balaban J connectivity index is 3.00. The molecule has 0 aromatic heterocycles. The van der Waals surface area contributed by atoms with E-state index in [9.17, 15) is 9.90 Å². The molecule has 0 heterocycles. The van der Waals surface area contributed by atoms with E-state index in [1.807, 2.05) is 32.0 Å². The first-order valence-electron chi connectivity index (χ1n) is 4.99. The number of benzene rings is 1. The van der Waals surface area contributed by atoms with E-state index >= 15 is 0 Å². The Morgan fingerprint density at radius 1 is 1.31 bits per heavy atom. The molecule has 0 aliphatic carbocycles. The number of carbonyl (C=O) groups excluding carboxylic acids is 1. The lowest BCUT2D eigenvalue weighted by molar-refractivity contribution is -0.137. The van der Waals surface area contributed by atoms with Crippen molar-refractivity contribution in [3.05, 3.63) is 47.0 Å². The van der Waals surface area contributed by atoms with E-state index in [4.69, 9.17) is 0 Å². The van der Waals surface area contributed by atoms with E-state index in [2.05, 4.69) is 11.3 Å². The second-order valence-corrected chi connectivity index (χ2v) is 3.84. The standard InChI is InChI=1S/C13H16O3/c1-8-5-9(2)7-11(6-8)12(14)10(3)13(15)16-4/h5-7,12,14H,3H2,1-2,4H3. The summed E-state index contributed by atoms with van der Waals surface area (Å²) in [6, 6.07) is 5.65. The molecule has 0 bridgehead atoms. The first kappa shape index (κ1) is 12.5. The number of aliphatic hydroxyl groups is 1. The zero-order valence-electron chi connectivity index (χ0n) is 9.78. The van der Waals surface area contributed by atoms with Crippen molar-refractivity contribution in [2.45, 2.75) is 20.0 Å². The number of rotatable bonds is 3. The Hall–Kier alpha value is -1.61. The minimum Gasteiger partial charge on any atom is -0.466 e. The number of carbonyl (C=O) groups is 1. The molecule has 0 aliphatic rings. The molecule has 0 fully saturated rings. The third-order valence-corrected chi connectivity index (χ3v) is 2.34. The zero-order chi connectivity index (χ0) is 12.3. The Kier molecular flexibility index (Phi) is 3.85. The number of hydrogen-bond donors (Lipinski definition) is 1. The van der Waals surface area contributed by atoms with Crippen molar-refractivity contribution in [3.63, 3.8) is 0 Å². The quantitative estimate of drug-likeness (QED) is 0.626. The maximum atomic E-state index is 11.2. The van der Waals surface area contributed by atoms with Crippen LogP contribution in [0.4, 0.5) is 0 Å². The second-order valence-electron chi connectivity index (χ2n) is 3.84. The van der Waals surface area contributed by atoms with Gasteiger partial charge in [0, 0.05) is 0 Å². The van der Waals surface area contributed by atoms with E-state index in [1.54, 1.807) is 0 Å². The molecule has 0 saturated heterocycles. The summed E-state index contributed by atoms with van der Waals surface area (Å²) in [6.07, 6.45) is -1.01. The minimum absolute atomic E-state index is 0.0486. The molecule has 1 rings (SSSR count). The van der Waals surface area contributed by atoms with Gasteiger partial charge < -0.3 is 9.84 Å². The van der Waals surface area contributed by atoms with Crippen LogP contribution in [0.3, 0.4) is 0 Å². The Morgan fingerprint density at radius 3 is 2.25 bits per heavy atom. The molecule has 16 heavy (non-hydrogen) atoms. The van der Waals surface area contributed by atoms with Crippen LogP contribution in [0.25, 0.3) is 0 Å². The van der Waals surface area contributed by atoms with Gasteiger partial charge in [-0.1, -0.05) is 35.9 Å². The number of aryl methyl sites for hydroxylation is 2. The maximum absolute atomic E-state index is 11.2. The SMILES string of the molecule is C=C(C(=O)OC)C(O)c1cc(C)cc(C)c1. The molecule has 0 saturated carbocycles. The largest absolute Gasteiger partial charge is 0.466 e. The van der Waals surface area contributed by atoms with Crippen LogP contribution in [-0.2, 0) is 9.53 Å². The fourth-order valence-corrected chi connectivity index (χ4v) is 1.61. The van der Waals surface area contributed by atoms with Crippen LogP contribution in [0.5, 0.6) is 0 Å². The van der Waals surface area contributed by atoms with E-state index in [0.29, 0.717) is 5.56 Å². The predicted octanol–water partition coefficient (Wildman–Crippen LogP) is 2.07. The maximum Gasteiger partial charge on any atom is 0.336 e. The van der Waals surface area contributed by atoms with Gasteiger partial charge in [-0.3, -0.25) is 0 Å². The van der Waals surface area contributed by atoms with Crippen LogP contribution >= 0.6 is 0 Å². The van der Waals surface area contributed by atoms with Crippen LogP contribution in [0.1, 0.15) is 22.8 Å². The number of esters is 1. The van der Waals surface area contributed by atoms with Gasteiger partial charge in [-0.25, -0.2) is 4.79 Å². The van der Waals surface area contributed by atoms with Gasteiger partial charge in [0.1, 0.15) is 6.10 Å². The molecule has 1 atom stereocenters. The van der Waals surface area contributed by atoms with E-state index in [1.165, 1.54) is 7.11 Å². The molecule has 3 heteroatoms. The van der Waals surface area contributed by atoms with Crippen molar-refractivity contribution < 1.29 is 14.6 Å². The lowest BCUT2D eigenvalue weighted by Crippen LogP contribution is -2.12. The average Bonchev–Trinajstić information content (AvgIpc) is 2.24. The van der Waals surface area contributed by atoms with Crippen molar-refractivity contribution in [2.24, 2.45) is 0 Å². The van der Waals surface area contributed by atoms with Crippen molar-refractivity contribution in [3.8, 4) is 0 Å². The molecule has 0 radical (unpaired) electrons. The lowest BCUT2D eigenvalue weighted by Gasteiger charge is -2.13. The lowest BCUT2D eigenvalue weighted by atomic mass is 9.99. The third-order valence-electron chi connectivity index (χ3n) is 2.34. The molecule has 0 spiro atoms. The van der Waals surface area contributed by atoms with Crippen molar-refractivity contribution in [1.82, 2.24) is 0 Å². The van der Waals surface area contributed by atoms with E-state index in [0.717, 1.165) is 11.1 Å². The van der Waals surface area contributed by atoms with Crippen molar-refractivity contribution >= 4 is 5.97 Å². The zero-order valence-corrected chi connectivity index (χ0v) is 9.78. The molecular weight excluding hydrogens is 204 g/mol. The molecule has 3 nitrogen and oxygen atoms in total. The molecular formula is C13H16O3. The molecule has 1 aromatic rings. The Bertz CT molecular complexity index is 401. The summed E-state index contributed by atoms with van der Waals surface area (Å²) in [4.78, 5) is 11.2. The normalized spacial score (nSPS) is 12.0. The number of aliphatic hydroxyl groups excluding tert-OH is 1. The Labute approximate surface area is 95.4 Å². The van der Waals surface area contributed by atoms with Gasteiger partial charge in [0.2, 0.25) is 0 Å². The minimum atomic E-state index is -1.01. The van der Waals surface area contributed by atoms with Crippen molar-refractivity contribution in [2.75, 3.05) is 7.11 Å². The van der Waals surface area contributed by atoms with Gasteiger partial charge in [-0.15, -0.1) is 0 Å². The van der Waals surface area contributed by atoms with Gasteiger partial charge in [0.05, 0.1) is 12.7 Å². The fraction of sp³-hybridized carbons (Fsp3) is 0.308. The van der Waals surface area contributed by atoms with E-state index in [-0.39, 0.29) is 5.57 Å². The van der Waals surface area contributed by atoms with Crippen molar-refractivity contribution in [1.29, 1.82) is 0 Å². The van der Waals surface area contributed by atoms with Gasteiger partial charge in [0.15, 0.2) is 0 Å². The summed E-state index contributed by atoms with van der Waals surface area (Å²) >= 11 is 0. The molecule has 1 N–H and O–H groups in total. The highest BCUT2D eigenvalue weighted by molar-refractivity contribution is 5.88. The summed E-state index contributed by atoms with van der Waals surface area (Å²) in [5.41, 5.74) is 2.78. The van der Waals surface area contributed by atoms with Crippen LogP contribution in [0.15, 0.2) is 30.4 Å². The van der Waals surface area contributed by atoms with Gasteiger partial charge in [-0.05, 0) is 19.4 Å². The van der Waals surface area contributed by atoms with Crippen LogP contribution in [0, 0.1) is 13.8 Å². The smallest absolute Gasteiger partial charge is 0.336 e. The molecule has 86 valence electrons. The predicted molar refractivity (Wildman–Crippen MR) is 62.0 cm³/mol. The third kappa shape index (κ3) is 2.70. The highest BCUT2D eigenvalue weighted by Gasteiger charge is 2.19. The Morgan fingerprint density at radius 2 is 1.81 bits per heavy atom. The second kappa shape index (κ2) is 4.94. The molecule has 0 aliphatic heterocycles. The first-order valence-corrected chi connectivity index (χ1v) is 4.99. The van der Waals surface area contributed by atoms with Gasteiger partial charge in [-0.2, -0.15) is 0 Å². The van der Waals surface area contributed by atoms with Crippen LogP contribution < -0.4 is 0 Å². The highest BCUT2D eigenvalue weighted by atomic mass is 16.5. The number of hydrogen-bond acceptors (Lipinski definition) is 3. The monoisotopic (exact) mass is 220 g/mol. The average molecular weight is 220 g/mol. The molecule has 1 unspecified atom stereocenters. The van der Waals surface area contributed by atoms with Crippen LogP contribution in [0.2, 0.25) is 0 Å². The number of methoxy groups -OCH3 is 1. The highest BCUT2D eigenvalue weighted by Crippen LogP contribution is 2.23. The topological polar surface area (TPSA) is 46.5 Å². The first-order chi connectivity index (χ1) is 7.45. The summed E-state index contributed by atoms with van der Waals surface area (Å²) in [6.45, 7) is 7.41. The fourth-order valence-electron chi connectivity index (χ4n) is 1.61. The summed E-state index contributed by atoms with van der Waals surface area (Å²) in [7, 11) is 1.27. The van der Waals surface area contributed by atoms with Crippen LogP contribution in [-0.4, -0.2) is 18.2 Å². The van der Waals surface area contributed by atoms with E-state index < -0.39 is 12.1 Å².